The Balaban J connectivity index is 2.32. The summed E-state index contributed by atoms with van der Waals surface area (Å²) in [6.45, 7) is 6.43. The number of hydrogen-bond donors (Lipinski definition) is 2. The van der Waals surface area contributed by atoms with Crippen LogP contribution in [0.2, 0.25) is 5.02 Å². The van der Waals surface area contributed by atoms with Crippen molar-refractivity contribution < 1.29 is 19.4 Å². The number of carbonyl (C=O) groups is 1. The van der Waals surface area contributed by atoms with E-state index >= 15 is 0 Å². The lowest BCUT2D eigenvalue weighted by molar-refractivity contribution is -0.155. The first-order valence-electron chi connectivity index (χ1n) is 7.83. The van der Waals surface area contributed by atoms with Crippen LogP contribution in [0.5, 0.6) is 5.75 Å². The summed E-state index contributed by atoms with van der Waals surface area (Å²) in [6.07, 6.45) is -0.450. The van der Waals surface area contributed by atoms with Crippen LogP contribution >= 0.6 is 11.6 Å². The van der Waals surface area contributed by atoms with Crippen LogP contribution in [0.3, 0.4) is 0 Å². The zero-order chi connectivity index (χ0) is 18.3. The molecule has 24 heavy (non-hydrogen) atoms. The Bertz CT molecular complexity index is 546. The summed E-state index contributed by atoms with van der Waals surface area (Å²) in [5.41, 5.74) is 5.73. The molecule has 0 amide bonds. The number of ether oxygens (including phenoxy) is 2. The molecule has 0 saturated carbocycles. The molecule has 1 rings (SSSR count). The van der Waals surface area contributed by atoms with Crippen molar-refractivity contribution in [1.82, 2.24) is 4.90 Å². The van der Waals surface area contributed by atoms with Crippen molar-refractivity contribution >= 4 is 23.3 Å². The Kier molecular flexibility index (Phi) is 7.79. The average Bonchev–Trinajstić information content (AvgIpc) is 2.44. The molecule has 1 unspecified atom stereocenters. The largest absolute Gasteiger partial charge is 0.489 e. The van der Waals surface area contributed by atoms with Crippen LogP contribution in [0, 0.1) is 0 Å². The number of esters is 1. The Labute approximate surface area is 148 Å². The fraction of sp³-hybridized carbons (Fsp3) is 0.588. The Morgan fingerprint density at radius 3 is 2.71 bits per heavy atom. The van der Waals surface area contributed by atoms with Crippen LogP contribution in [0.1, 0.15) is 27.2 Å². The van der Waals surface area contributed by atoms with E-state index in [0.717, 1.165) is 0 Å². The van der Waals surface area contributed by atoms with Crippen molar-refractivity contribution in [3.63, 3.8) is 0 Å². The van der Waals surface area contributed by atoms with E-state index in [2.05, 4.69) is 0 Å². The smallest absolute Gasteiger partial charge is 0.307 e. The molecule has 0 bridgehead atoms. The molecule has 136 valence electrons. The molecule has 0 aliphatic rings. The van der Waals surface area contributed by atoms with Crippen molar-refractivity contribution in [2.45, 2.75) is 38.9 Å². The van der Waals surface area contributed by atoms with Gasteiger partial charge in [-0.15, -0.1) is 0 Å². The summed E-state index contributed by atoms with van der Waals surface area (Å²) < 4.78 is 10.7. The van der Waals surface area contributed by atoms with E-state index in [-0.39, 0.29) is 19.0 Å². The lowest BCUT2D eigenvalue weighted by Gasteiger charge is -2.23. The molecule has 6 nitrogen and oxygen atoms in total. The number of anilines is 1. The second kappa shape index (κ2) is 9.11. The van der Waals surface area contributed by atoms with Gasteiger partial charge in [0.2, 0.25) is 0 Å². The van der Waals surface area contributed by atoms with Crippen LogP contribution in [0.15, 0.2) is 18.2 Å². The zero-order valence-corrected chi connectivity index (χ0v) is 15.5. The Hall–Kier alpha value is -1.50. The number of rotatable bonds is 8. The number of hydrogen-bond acceptors (Lipinski definition) is 6. The number of carbonyl (C=O) groups excluding carboxylic acids is 1. The number of nitrogens with zero attached hydrogens (tertiary/aromatic N) is 1. The molecular formula is C17H27ClN2O4. The highest BCUT2D eigenvalue weighted by Crippen LogP contribution is 2.26. The second-order valence-electron chi connectivity index (χ2n) is 6.75. The first-order chi connectivity index (χ1) is 11.1. The predicted octanol–water partition coefficient (Wildman–Crippen LogP) is 2.33. The average molecular weight is 359 g/mol. The Morgan fingerprint density at radius 1 is 1.42 bits per heavy atom. The van der Waals surface area contributed by atoms with Crippen molar-refractivity contribution in [1.29, 1.82) is 0 Å². The second-order valence-corrected chi connectivity index (χ2v) is 7.16. The van der Waals surface area contributed by atoms with E-state index in [1.165, 1.54) is 0 Å². The molecule has 0 heterocycles. The van der Waals surface area contributed by atoms with Crippen molar-refractivity contribution in [3.05, 3.63) is 23.2 Å². The highest BCUT2D eigenvalue weighted by molar-refractivity contribution is 6.32. The van der Waals surface area contributed by atoms with Crippen molar-refractivity contribution in [2.24, 2.45) is 0 Å². The van der Waals surface area contributed by atoms with E-state index in [0.29, 0.717) is 29.5 Å². The maximum Gasteiger partial charge on any atom is 0.307 e. The number of aliphatic hydroxyl groups excluding tert-OH is 1. The molecule has 3 N–H and O–H groups in total. The van der Waals surface area contributed by atoms with Crippen LogP contribution in [-0.2, 0) is 9.53 Å². The van der Waals surface area contributed by atoms with Crippen LogP contribution in [-0.4, -0.2) is 54.4 Å². The van der Waals surface area contributed by atoms with E-state index in [9.17, 15) is 9.90 Å². The lowest BCUT2D eigenvalue weighted by Crippen LogP contribution is -2.35. The van der Waals surface area contributed by atoms with Gasteiger partial charge >= 0.3 is 5.97 Å². The molecule has 0 fully saturated rings. The first kappa shape index (κ1) is 20.5. The van der Waals surface area contributed by atoms with Gasteiger partial charge in [-0.25, -0.2) is 0 Å². The minimum atomic E-state index is -0.717. The number of nitrogen functional groups attached to an aromatic ring is 1. The minimum Gasteiger partial charge on any atom is -0.489 e. The highest BCUT2D eigenvalue weighted by atomic mass is 35.5. The molecule has 0 aliphatic carbocycles. The highest BCUT2D eigenvalue weighted by Gasteiger charge is 2.17. The topological polar surface area (TPSA) is 85.0 Å². The van der Waals surface area contributed by atoms with Crippen molar-refractivity contribution in [3.8, 4) is 5.75 Å². The van der Waals surface area contributed by atoms with Gasteiger partial charge in [0.25, 0.3) is 0 Å². The molecular weight excluding hydrogens is 332 g/mol. The summed E-state index contributed by atoms with van der Waals surface area (Å²) in [6, 6.07) is 4.93. The maximum atomic E-state index is 11.7. The lowest BCUT2D eigenvalue weighted by atomic mass is 10.2. The quantitative estimate of drug-likeness (QED) is 0.548. The van der Waals surface area contributed by atoms with Gasteiger partial charge < -0.3 is 25.2 Å². The molecule has 1 aromatic carbocycles. The SMILES string of the molecule is CN(CCC(=O)OC(C)(C)C)CC(O)COc1cc(N)ccc1Cl. The summed E-state index contributed by atoms with van der Waals surface area (Å²) in [7, 11) is 1.82. The number of benzene rings is 1. The molecule has 0 radical (unpaired) electrons. The van der Waals surface area contributed by atoms with Gasteiger partial charge in [-0.2, -0.15) is 0 Å². The van der Waals surface area contributed by atoms with Crippen LogP contribution < -0.4 is 10.5 Å². The van der Waals surface area contributed by atoms with Gasteiger partial charge in [-0.05, 0) is 40.0 Å². The van der Waals surface area contributed by atoms with Gasteiger partial charge in [0.1, 0.15) is 24.1 Å². The summed E-state index contributed by atoms with van der Waals surface area (Å²) in [5, 5.41) is 10.5. The Morgan fingerprint density at radius 2 is 2.08 bits per heavy atom. The minimum absolute atomic E-state index is 0.0833. The van der Waals surface area contributed by atoms with Gasteiger partial charge in [-0.1, -0.05) is 11.6 Å². The molecule has 0 saturated heterocycles. The third-order valence-electron chi connectivity index (χ3n) is 3.03. The van der Waals surface area contributed by atoms with Gasteiger partial charge in [-0.3, -0.25) is 4.79 Å². The molecule has 7 heteroatoms. The van der Waals surface area contributed by atoms with E-state index in [1.807, 2.05) is 32.7 Å². The number of likely N-dealkylation sites (N-methyl/N-ethyl adjacent to an activating group) is 1. The standard InChI is InChI=1S/C17H27ClN2O4/c1-17(2,3)24-16(22)7-8-20(4)10-13(21)11-23-15-9-12(19)5-6-14(15)18/h5-6,9,13,21H,7-8,10-11,19H2,1-4H3. The van der Waals surface area contributed by atoms with Gasteiger partial charge in [0.15, 0.2) is 0 Å². The molecule has 0 spiro atoms. The van der Waals surface area contributed by atoms with E-state index in [4.69, 9.17) is 26.8 Å². The summed E-state index contributed by atoms with van der Waals surface area (Å²) in [5.74, 6) is 0.179. The third-order valence-corrected chi connectivity index (χ3v) is 3.34. The van der Waals surface area contributed by atoms with Crippen LogP contribution in [0.25, 0.3) is 0 Å². The van der Waals surface area contributed by atoms with E-state index < -0.39 is 11.7 Å². The molecule has 1 aromatic rings. The predicted molar refractivity (Wildman–Crippen MR) is 95.3 cm³/mol. The van der Waals surface area contributed by atoms with Gasteiger partial charge in [0, 0.05) is 24.8 Å². The van der Waals surface area contributed by atoms with E-state index in [1.54, 1.807) is 18.2 Å². The molecule has 0 aliphatic heterocycles. The zero-order valence-electron chi connectivity index (χ0n) is 14.7. The number of aliphatic hydroxyl groups is 1. The summed E-state index contributed by atoms with van der Waals surface area (Å²) in [4.78, 5) is 13.5. The maximum absolute atomic E-state index is 11.7. The van der Waals surface area contributed by atoms with Crippen LogP contribution in [0.4, 0.5) is 5.69 Å². The monoisotopic (exact) mass is 358 g/mol. The number of halogens is 1. The van der Waals surface area contributed by atoms with Gasteiger partial charge in [0.05, 0.1) is 11.4 Å². The van der Waals surface area contributed by atoms with Crippen molar-refractivity contribution in [2.75, 3.05) is 32.5 Å². The first-order valence-corrected chi connectivity index (χ1v) is 8.21. The number of nitrogens with two attached hydrogens (primary N) is 1. The fourth-order valence-corrected chi connectivity index (χ4v) is 2.17. The fourth-order valence-electron chi connectivity index (χ4n) is 1.99. The third kappa shape index (κ3) is 8.38. The molecule has 1 atom stereocenters. The molecule has 0 aromatic heterocycles. The summed E-state index contributed by atoms with van der Waals surface area (Å²) >= 11 is 6.00. The normalized spacial score (nSPS) is 13.0.